The largest absolute Gasteiger partial charge is 0.352 e. The van der Waals surface area contributed by atoms with Crippen molar-refractivity contribution in [1.29, 1.82) is 0 Å². The second-order valence-electron chi connectivity index (χ2n) is 3.92. The predicted octanol–water partition coefficient (Wildman–Crippen LogP) is 1.97. The molecule has 0 saturated heterocycles. The zero-order valence-electron chi connectivity index (χ0n) is 9.66. The van der Waals surface area contributed by atoms with Crippen LogP contribution in [-0.4, -0.2) is 38.0 Å². The summed E-state index contributed by atoms with van der Waals surface area (Å²) in [6.45, 7) is 1.72. The maximum Gasteiger partial charge on any atom is 0.251 e. The number of nitrogens with one attached hydrogen (secondary N) is 1. The molecular weight excluding hydrogens is 312 g/mol. The third-order valence-corrected chi connectivity index (χ3v) is 2.89. The number of halogens is 1. The van der Waals surface area contributed by atoms with Gasteiger partial charge in [0.1, 0.15) is 0 Å². The highest BCUT2D eigenvalue weighted by molar-refractivity contribution is 14.1. The van der Waals surface area contributed by atoms with Crippen LogP contribution in [0.25, 0.3) is 0 Å². The highest BCUT2D eigenvalue weighted by Crippen LogP contribution is 2.06. The summed E-state index contributed by atoms with van der Waals surface area (Å²) in [5.41, 5.74) is 0.727. The van der Waals surface area contributed by atoms with Crippen LogP contribution in [0, 0.1) is 3.57 Å². The molecule has 0 bridgehead atoms. The van der Waals surface area contributed by atoms with Gasteiger partial charge in [0.15, 0.2) is 0 Å². The summed E-state index contributed by atoms with van der Waals surface area (Å²) in [6.07, 6.45) is 0.975. The van der Waals surface area contributed by atoms with Gasteiger partial charge in [-0.25, -0.2) is 0 Å². The minimum atomic E-state index is 0.00940. The molecule has 3 nitrogen and oxygen atoms in total. The van der Waals surface area contributed by atoms with E-state index in [0.29, 0.717) is 0 Å². The van der Waals surface area contributed by atoms with Crippen LogP contribution in [0.2, 0.25) is 0 Å². The van der Waals surface area contributed by atoms with Crippen molar-refractivity contribution in [3.8, 4) is 0 Å². The van der Waals surface area contributed by atoms with E-state index in [4.69, 9.17) is 0 Å². The van der Waals surface area contributed by atoms with Gasteiger partial charge in [-0.1, -0.05) is 0 Å². The third kappa shape index (κ3) is 4.94. The normalized spacial score (nSPS) is 10.5. The van der Waals surface area contributed by atoms with Crippen molar-refractivity contribution < 1.29 is 4.79 Å². The predicted molar refractivity (Wildman–Crippen MR) is 74.7 cm³/mol. The Morgan fingerprint density at radius 1 is 1.31 bits per heavy atom. The van der Waals surface area contributed by atoms with Gasteiger partial charge in [0.05, 0.1) is 0 Å². The van der Waals surface area contributed by atoms with Crippen molar-refractivity contribution in [2.45, 2.75) is 6.42 Å². The summed E-state index contributed by atoms with van der Waals surface area (Å²) < 4.78 is 1.14. The maximum atomic E-state index is 11.7. The van der Waals surface area contributed by atoms with Gasteiger partial charge in [0.25, 0.3) is 5.91 Å². The zero-order chi connectivity index (χ0) is 12.0. The van der Waals surface area contributed by atoms with Crippen molar-refractivity contribution in [2.75, 3.05) is 27.2 Å². The monoisotopic (exact) mass is 329 g/mol. The molecule has 1 aromatic carbocycles. The molecule has 1 N–H and O–H groups in total. The molecule has 88 valence electrons. The summed E-state index contributed by atoms with van der Waals surface area (Å²) in [5.74, 6) is 0.00940. The van der Waals surface area contributed by atoms with Crippen LogP contribution in [0.15, 0.2) is 24.3 Å². The Morgan fingerprint density at radius 3 is 2.50 bits per heavy atom. The SMILES string of the molecule is CN(C)CCCNC(=O)c1ccc([124I])cc1. The molecule has 0 unspecified atom stereocenters. The van der Waals surface area contributed by atoms with Crippen molar-refractivity contribution in [3.63, 3.8) is 0 Å². The molecular formula is C12H17IN2O. The summed E-state index contributed by atoms with van der Waals surface area (Å²) in [4.78, 5) is 13.8. The molecule has 0 aliphatic carbocycles. The van der Waals surface area contributed by atoms with Gasteiger partial charge >= 0.3 is 0 Å². The third-order valence-electron chi connectivity index (χ3n) is 2.17. The average Bonchev–Trinajstić information content (AvgIpc) is 2.25. The van der Waals surface area contributed by atoms with Crippen LogP contribution in [0.3, 0.4) is 0 Å². The van der Waals surface area contributed by atoms with Crippen molar-refractivity contribution >= 4 is 28.5 Å². The molecule has 0 saturated carbocycles. The fraction of sp³-hybridized carbons (Fsp3) is 0.417. The van der Waals surface area contributed by atoms with Crippen molar-refractivity contribution in [1.82, 2.24) is 10.2 Å². The molecule has 16 heavy (non-hydrogen) atoms. The Morgan fingerprint density at radius 2 is 1.94 bits per heavy atom. The lowest BCUT2D eigenvalue weighted by molar-refractivity contribution is 0.0952. The summed E-state index contributed by atoms with van der Waals surface area (Å²) in [5, 5.41) is 2.91. The molecule has 0 fully saturated rings. The van der Waals surface area contributed by atoms with Gasteiger partial charge in [-0.3, -0.25) is 4.79 Å². The molecule has 1 aromatic rings. The molecule has 0 atom stereocenters. The van der Waals surface area contributed by atoms with E-state index in [2.05, 4.69) is 32.8 Å². The van der Waals surface area contributed by atoms with E-state index in [1.807, 2.05) is 38.4 Å². The fourth-order valence-electron chi connectivity index (χ4n) is 1.30. The number of nitrogens with zero attached hydrogens (tertiary/aromatic N) is 1. The van der Waals surface area contributed by atoms with Crippen molar-refractivity contribution in [2.24, 2.45) is 0 Å². The van der Waals surface area contributed by atoms with Gasteiger partial charge in [-0.2, -0.15) is 0 Å². The molecule has 0 heterocycles. The number of hydrogen-bond donors (Lipinski definition) is 1. The van der Waals surface area contributed by atoms with E-state index in [1.165, 1.54) is 0 Å². The van der Waals surface area contributed by atoms with E-state index < -0.39 is 0 Å². The first-order valence-electron chi connectivity index (χ1n) is 5.28. The van der Waals surface area contributed by atoms with Crippen LogP contribution < -0.4 is 5.32 Å². The number of benzene rings is 1. The standard InChI is InChI=1S/C12H17IN2O/c1-15(2)9-3-8-14-12(16)10-4-6-11(13)7-5-10/h4-7H,3,8-9H2,1-2H3,(H,14,16)/i13-3. The van der Waals surface area contributed by atoms with Gasteiger partial charge in [-0.05, 0) is 73.9 Å². The summed E-state index contributed by atoms with van der Waals surface area (Å²) in [6, 6.07) is 7.58. The Kier molecular flexibility index (Phi) is 5.76. The molecule has 4 heteroatoms. The van der Waals surface area contributed by atoms with E-state index in [9.17, 15) is 4.79 Å². The van der Waals surface area contributed by atoms with E-state index in [0.717, 1.165) is 28.6 Å². The van der Waals surface area contributed by atoms with E-state index in [-0.39, 0.29) is 5.91 Å². The Balaban J connectivity index is 2.32. The first-order chi connectivity index (χ1) is 7.59. The lowest BCUT2D eigenvalue weighted by Crippen LogP contribution is -2.27. The molecule has 0 aliphatic heterocycles. The quantitative estimate of drug-likeness (QED) is 0.662. The minimum Gasteiger partial charge on any atom is -0.352 e. The number of rotatable bonds is 5. The number of amides is 1. The van der Waals surface area contributed by atoms with Crippen molar-refractivity contribution in [3.05, 3.63) is 33.4 Å². The molecule has 1 rings (SSSR count). The molecule has 0 spiro atoms. The molecule has 0 radical (unpaired) electrons. The Labute approximate surface area is 110 Å². The zero-order valence-corrected chi connectivity index (χ0v) is 11.8. The van der Waals surface area contributed by atoms with Gasteiger partial charge in [0, 0.05) is 15.7 Å². The van der Waals surface area contributed by atoms with Crippen LogP contribution in [0.4, 0.5) is 0 Å². The van der Waals surface area contributed by atoms with Crippen LogP contribution in [-0.2, 0) is 0 Å². The Bertz CT molecular complexity index is 335. The second-order valence-corrected chi connectivity index (χ2v) is 5.17. The number of carbonyl (C=O) groups is 1. The van der Waals surface area contributed by atoms with Crippen LogP contribution >= 0.6 is 22.6 Å². The highest BCUT2D eigenvalue weighted by atomic mass is 124. The lowest BCUT2D eigenvalue weighted by Gasteiger charge is -2.09. The smallest absolute Gasteiger partial charge is 0.251 e. The number of carbonyl (C=O) groups excluding carboxylic acids is 1. The Hall–Kier alpha value is -0.620. The van der Waals surface area contributed by atoms with Crippen LogP contribution in [0.5, 0.6) is 0 Å². The fourth-order valence-corrected chi connectivity index (χ4v) is 1.66. The maximum absolute atomic E-state index is 11.7. The molecule has 1 amide bonds. The number of hydrogen-bond acceptors (Lipinski definition) is 2. The molecule has 0 aromatic heterocycles. The summed E-state index contributed by atoms with van der Waals surface area (Å²) in [7, 11) is 4.06. The lowest BCUT2D eigenvalue weighted by atomic mass is 10.2. The van der Waals surface area contributed by atoms with Gasteiger partial charge in [0.2, 0.25) is 0 Å². The van der Waals surface area contributed by atoms with Gasteiger partial charge in [-0.15, -0.1) is 0 Å². The van der Waals surface area contributed by atoms with Crippen LogP contribution in [0.1, 0.15) is 16.8 Å². The van der Waals surface area contributed by atoms with Gasteiger partial charge < -0.3 is 10.2 Å². The first kappa shape index (κ1) is 13.4. The first-order valence-corrected chi connectivity index (χ1v) is 6.36. The summed E-state index contributed by atoms with van der Waals surface area (Å²) >= 11 is 2.22. The second kappa shape index (κ2) is 6.85. The minimum absolute atomic E-state index is 0.00940. The van der Waals surface area contributed by atoms with E-state index >= 15 is 0 Å². The topological polar surface area (TPSA) is 32.3 Å². The molecule has 0 aliphatic rings. The highest BCUT2D eigenvalue weighted by Gasteiger charge is 2.03. The van der Waals surface area contributed by atoms with E-state index in [1.54, 1.807) is 0 Å². The average molecular weight is 329 g/mol.